The summed E-state index contributed by atoms with van der Waals surface area (Å²) in [6.45, 7) is 9.11. The SMILES string of the molecule is CCCCNC(=O)CCN1CCN(C/C=C/c2ccccc2)CC1. The maximum Gasteiger partial charge on any atom is 0.221 e. The zero-order chi connectivity index (χ0) is 17.0. The van der Waals surface area contributed by atoms with Crippen molar-refractivity contribution in [3.63, 3.8) is 0 Å². The Labute approximate surface area is 146 Å². The van der Waals surface area contributed by atoms with Crippen molar-refractivity contribution in [2.75, 3.05) is 45.8 Å². The number of hydrogen-bond donors (Lipinski definition) is 1. The predicted octanol–water partition coefficient (Wildman–Crippen LogP) is 2.62. The Morgan fingerprint density at radius 1 is 1.12 bits per heavy atom. The van der Waals surface area contributed by atoms with Crippen LogP contribution in [0.1, 0.15) is 31.7 Å². The van der Waals surface area contributed by atoms with E-state index in [2.05, 4.69) is 58.5 Å². The summed E-state index contributed by atoms with van der Waals surface area (Å²) in [6, 6.07) is 10.4. The van der Waals surface area contributed by atoms with Crippen molar-refractivity contribution >= 4 is 12.0 Å². The van der Waals surface area contributed by atoms with E-state index in [4.69, 9.17) is 0 Å². The highest BCUT2D eigenvalue weighted by atomic mass is 16.1. The van der Waals surface area contributed by atoms with Gasteiger partial charge in [-0.3, -0.25) is 9.69 Å². The summed E-state index contributed by atoms with van der Waals surface area (Å²) >= 11 is 0. The van der Waals surface area contributed by atoms with E-state index in [1.165, 1.54) is 5.56 Å². The van der Waals surface area contributed by atoms with Gasteiger partial charge in [0, 0.05) is 52.2 Å². The van der Waals surface area contributed by atoms with E-state index in [0.717, 1.165) is 58.7 Å². The van der Waals surface area contributed by atoms with Gasteiger partial charge >= 0.3 is 0 Å². The van der Waals surface area contributed by atoms with Crippen LogP contribution < -0.4 is 5.32 Å². The monoisotopic (exact) mass is 329 g/mol. The molecule has 1 saturated heterocycles. The van der Waals surface area contributed by atoms with Crippen LogP contribution in [0.25, 0.3) is 6.08 Å². The van der Waals surface area contributed by atoms with Crippen molar-refractivity contribution in [1.82, 2.24) is 15.1 Å². The van der Waals surface area contributed by atoms with Crippen LogP contribution in [0.5, 0.6) is 0 Å². The molecule has 1 N–H and O–H groups in total. The molecule has 4 nitrogen and oxygen atoms in total. The second-order valence-electron chi connectivity index (χ2n) is 6.41. The van der Waals surface area contributed by atoms with Crippen LogP contribution >= 0.6 is 0 Å². The molecule has 0 aliphatic carbocycles. The Hall–Kier alpha value is -1.65. The fraction of sp³-hybridized carbons (Fsp3) is 0.550. The minimum absolute atomic E-state index is 0.191. The topological polar surface area (TPSA) is 35.6 Å². The van der Waals surface area contributed by atoms with Gasteiger partial charge in [-0.1, -0.05) is 55.8 Å². The van der Waals surface area contributed by atoms with E-state index >= 15 is 0 Å². The fourth-order valence-corrected chi connectivity index (χ4v) is 2.85. The molecule has 0 aromatic heterocycles. The number of benzene rings is 1. The molecule has 1 aliphatic heterocycles. The summed E-state index contributed by atoms with van der Waals surface area (Å²) in [6.07, 6.45) is 7.25. The van der Waals surface area contributed by atoms with Gasteiger partial charge in [-0.25, -0.2) is 0 Å². The molecule has 0 radical (unpaired) electrons. The molecular weight excluding hydrogens is 298 g/mol. The molecule has 132 valence electrons. The predicted molar refractivity (Wildman–Crippen MR) is 101 cm³/mol. The Bertz CT molecular complexity index is 493. The van der Waals surface area contributed by atoms with Crippen molar-refractivity contribution in [2.24, 2.45) is 0 Å². The number of nitrogens with one attached hydrogen (secondary N) is 1. The van der Waals surface area contributed by atoms with Crippen molar-refractivity contribution in [2.45, 2.75) is 26.2 Å². The van der Waals surface area contributed by atoms with Crippen LogP contribution in [0.4, 0.5) is 0 Å². The molecule has 4 heteroatoms. The summed E-state index contributed by atoms with van der Waals surface area (Å²) < 4.78 is 0. The van der Waals surface area contributed by atoms with Crippen LogP contribution in [0.15, 0.2) is 36.4 Å². The molecule has 0 saturated carbocycles. The summed E-state index contributed by atoms with van der Waals surface area (Å²) in [5.74, 6) is 0.191. The number of rotatable bonds is 9. The van der Waals surface area contributed by atoms with Gasteiger partial charge in [-0.05, 0) is 12.0 Å². The molecule has 0 atom stereocenters. The van der Waals surface area contributed by atoms with Gasteiger partial charge in [0.05, 0.1) is 0 Å². The lowest BCUT2D eigenvalue weighted by molar-refractivity contribution is -0.121. The smallest absolute Gasteiger partial charge is 0.221 e. The van der Waals surface area contributed by atoms with E-state index in [1.54, 1.807) is 0 Å². The van der Waals surface area contributed by atoms with Crippen molar-refractivity contribution < 1.29 is 4.79 Å². The molecular formula is C20H31N3O. The first kappa shape index (κ1) is 18.7. The van der Waals surface area contributed by atoms with Gasteiger partial charge in [0.25, 0.3) is 0 Å². The third kappa shape index (κ3) is 7.28. The van der Waals surface area contributed by atoms with Crippen LogP contribution in [0.3, 0.4) is 0 Å². The number of unbranched alkanes of at least 4 members (excludes halogenated alkanes) is 1. The largest absolute Gasteiger partial charge is 0.356 e. The van der Waals surface area contributed by atoms with Gasteiger partial charge in [0.1, 0.15) is 0 Å². The first-order valence-corrected chi connectivity index (χ1v) is 9.21. The zero-order valence-electron chi connectivity index (χ0n) is 14.9. The number of carbonyl (C=O) groups excluding carboxylic acids is 1. The summed E-state index contributed by atoms with van der Waals surface area (Å²) in [4.78, 5) is 16.6. The second kappa shape index (κ2) is 11.0. The van der Waals surface area contributed by atoms with E-state index in [1.807, 2.05) is 6.07 Å². The minimum Gasteiger partial charge on any atom is -0.356 e. The average Bonchev–Trinajstić information content (AvgIpc) is 2.62. The molecule has 1 amide bonds. The van der Waals surface area contributed by atoms with Gasteiger partial charge in [0.2, 0.25) is 5.91 Å². The van der Waals surface area contributed by atoms with Crippen LogP contribution in [-0.4, -0.2) is 61.5 Å². The summed E-state index contributed by atoms with van der Waals surface area (Å²) in [7, 11) is 0. The number of amides is 1. The lowest BCUT2D eigenvalue weighted by Crippen LogP contribution is -2.47. The molecule has 2 rings (SSSR count). The molecule has 1 heterocycles. The highest BCUT2D eigenvalue weighted by molar-refractivity contribution is 5.76. The van der Waals surface area contributed by atoms with Crippen LogP contribution in [-0.2, 0) is 4.79 Å². The molecule has 0 spiro atoms. The van der Waals surface area contributed by atoms with Gasteiger partial charge in [0.15, 0.2) is 0 Å². The van der Waals surface area contributed by atoms with Crippen LogP contribution in [0.2, 0.25) is 0 Å². The Kier molecular flexibility index (Phi) is 8.56. The number of piperazine rings is 1. The Balaban J connectivity index is 1.58. The third-order valence-electron chi connectivity index (χ3n) is 4.45. The lowest BCUT2D eigenvalue weighted by Gasteiger charge is -2.34. The van der Waals surface area contributed by atoms with E-state index in [-0.39, 0.29) is 5.91 Å². The first-order valence-electron chi connectivity index (χ1n) is 9.21. The highest BCUT2D eigenvalue weighted by Crippen LogP contribution is 2.05. The molecule has 0 unspecified atom stereocenters. The molecule has 1 fully saturated rings. The summed E-state index contributed by atoms with van der Waals surface area (Å²) in [5.41, 5.74) is 1.25. The van der Waals surface area contributed by atoms with E-state index in [9.17, 15) is 4.79 Å². The van der Waals surface area contributed by atoms with Crippen molar-refractivity contribution in [1.29, 1.82) is 0 Å². The van der Waals surface area contributed by atoms with Crippen LogP contribution in [0, 0.1) is 0 Å². The molecule has 1 aromatic carbocycles. The molecule has 24 heavy (non-hydrogen) atoms. The normalized spacial score (nSPS) is 16.5. The molecule has 1 aliphatic rings. The highest BCUT2D eigenvalue weighted by Gasteiger charge is 2.16. The number of hydrogen-bond acceptors (Lipinski definition) is 3. The van der Waals surface area contributed by atoms with Gasteiger partial charge < -0.3 is 10.2 Å². The quantitative estimate of drug-likeness (QED) is 0.708. The minimum atomic E-state index is 0.191. The van der Waals surface area contributed by atoms with Gasteiger partial charge in [-0.2, -0.15) is 0 Å². The van der Waals surface area contributed by atoms with Crippen molar-refractivity contribution in [3.8, 4) is 0 Å². The van der Waals surface area contributed by atoms with E-state index in [0.29, 0.717) is 6.42 Å². The maximum absolute atomic E-state index is 11.7. The van der Waals surface area contributed by atoms with Gasteiger partial charge in [-0.15, -0.1) is 0 Å². The Morgan fingerprint density at radius 3 is 2.54 bits per heavy atom. The first-order chi connectivity index (χ1) is 11.8. The van der Waals surface area contributed by atoms with Crippen molar-refractivity contribution in [3.05, 3.63) is 42.0 Å². The molecule has 1 aromatic rings. The second-order valence-corrected chi connectivity index (χ2v) is 6.41. The Morgan fingerprint density at radius 2 is 1.83 bits per heavy atom. The number of nitrogens with zero attached hydrogens (tertiary/aromatic N) is 2. The number of carbonyl (C=O) groups is 1. The zero-order valence-corrected chi connectivity index (χ0v) is 14.9. The molecule has 0 bridgehead atoms. The van der Waals surface area contributed by atoms with E-state index < -0.39 is 0 Å². The maximum atomic E-state index is 11.7. The lowest BCUT2D eigenvalue weighted by atomic mass is 10.2. The third-order valence-corrected chi connectivity index (χ3v) is 4.45. The average molecular weight is 329 g/mol. The standard InChI is InChI=1S/C20H31N3O/c1-2-3-12-21-20(24)11-14-23-17-15-22(16-18-23)13-7-10-19-8-5-4-6-9-19/h4-10H,2-3,11-18H2,1H3,(H,21,24)/b10-7+. The summed E-state index contributed by atoms with van der Waals surface area (Å²) in [5, 5.41) is 2.99. The fourth-order valence-electron chi connectivity index (χ4n) is 2.85.